The van der Waals surface area contributed by atoms with Crippen LogP contribution in [0.1, 0.15) is 22.8 Å². The Morgan fingerprint density at radius 2 is 2.17 bits per heavy atom. The third kappa shape index (κ3) is 2.09. The van der Waals surface area contributed by atoms with Crippen molar-refractivity contribution in [3.63, 3.8) is 0 Å². The van der Waals surface area contributed by atoms with Crippen molar-refractivity contribution in [1.82, 2.24) is 0 Å². The van der Waals surface area contributed by atoms with Gasteiger partial charge in [-0.15, -0.1) is 0 Å². The smallest absolute Gasteiger partial charge is 0.170 e. The van der Waals surface area contributed by atoms with E-state index in [-0.39, 0.29) is 5.78 Å². The maximum absolute atomic E-state index is 12.3. The highest BCUT2D eigenvalue weighted by atomic mass is 16.5. The van der Waals surface area contributed by atoms with E-state index in [9.17, 15) is 4.79 Å². The predicted molar refractivity (Wildman–Crippen MR) is 66.3 cm³/mol. The second-order valence-electron chi connectivity index (χ2n) is 4.47. The number of carbonyl (C=O) groups excluding carboxylic acids is 1. The zero-order chi connectivity index (χ0) is 12.4. The number of carbonyl (C=O) groups is 1. The standard InChI is InChI=1S/C15H14O3/c16-14(9-11-5-7-17-10-11)15-13-4-2-1-3-12(13)6-8-18-15/h1-5,7,10,15H,6,8-9H2. The molecule has 1 aromatic heterocycles. The van der Waals surface area contributed by atoms with Gasteiger partial charge in [0.05, 0.1) is 19.1 Å². The number of ether oxygens (including phenoxy) is 1. The Balaban J connectivity index is 1.83. The summed E-state index contributed by atoms with van der Waals surface area (Å²) in [5, 5.41) is 0. The highest BCUT2D eigenvalue weighted by Gasteiger charge is 2.26. The highest BCUT2D eigenvalue weighted by molar-refractivity contribution is 5.86. The van der Waals surface area contributed by atoms with Gasteiger partial charge in [0.25, 0.3) is 0 Å². The molecule has 1 aliphatic rings. The van der Waals surface area contributed by atoms with Crippen molar-refractivity contribution < 1.29 is 13.9 Å². The number of Topliss-reactive ketones (excluding diaryl/α,β-unsaturated/α-hetero) is 1. The van der Waals surface area contributed by atoms with Crippen molar-refractivity contribution >= 4 is 5.78 Å². The molecule has 0 aliphatic carbocycles. The average Bonchev–Trinajstić information content (AvgIpc) is 2.91. The largest absolute Gasteiger partial charge is 0.472 e. The molecule has 0 fully saturated rings. The van der Waals surface area contributed by atoms with Crippen molar-refractivity contribution in [2.75, 3.05) is 6.61 Å². The Hall–Kier alpha value is -1.87. The zero-order valence-corrected chi connectivity index (χ0v) is 9.96. The molecule has 2 heterocycles. The Kier molecular flexibility index (Phi) is 2.99. The van der Waals surface area contributed by atoms with Gasteiger partial charge < -0.3 is 9.15 Å². The molecule has 1 aliphatic heterocycles. The summed E-state index contributed by atoms with van der Waals surface area (Å²) in [5.74, 6) is 0.0866. The van der Waals surface area contributed by atoms with E-state index in [1.54, 1.807) is 12.5 Å². The predicted octanol–water partition coefficient (Wildman–Crippen LogP) is 2.71. The molecular formula is C15H14O3. The van der Waals surface area contributed by atoms with E-state index in [4.69, 9.17) is 9.15 Å². The number of benzene rings is 1. The quantitative estimate of drug-likeness (QED) is 0.830. The SMILES string of the molecule is O=C(Cc1ccoc1)C1OCCc2ccccc21. The summed E-state index contributed by atoms with van der Waals surface area (Å²) in [6.07, 6.45) is 4.00. The van der Waals surface area contributed by atoms with Gasteiger partial charge in [0.15, 0.2) is 5.78 Å². The van der Waals surface area contributed by atoms with Gasteiger partial charge in [0.2, 0.25) is 0 Å². The van der Waals surface area contributed by atoms with Crippen LogP contribution in [0.3, 0.4) is 0 Å². The van der Waals surface area contributed by atoms with Gasteiger partial charge in [-0.3, -0.25) is 4.79 Å². The number of fused-ring (bicyclic) bond motifs is 1. The first kappa shape index (κ1) is 11.2. The minimum absolute atomic E-state index is 0.0866. The van der Waals surface area contributed by atoms with E-state index in [0.717, 1.165) is 17.5 Å². The lowest BCUT2D eigenvalue weighted by Gasteiger charge is -2.24. The molecule has 18 heavy (non-hydrogen) atoms. The molecule has 1 unspecified atom stereocenters. The number of rotatable bonds is 3. The summed E-state index contributed by atoms with van der Waals surface area (Å²) < 4.78 is 10.6. The second kappa shape index (κ2) is 4.78. The van der Waals surface area contributed by atoms with Crippen molar-refractivity contribution in [3.05, 3.63) is 59.5 Å². The van der Waals surface area contributed by atoms with Crippen molar-refractivity contribution in [2.45, 2.75) is 18.9 Å². The molecule has 3 nitrogen and oxygen atoms in total. The molecule has 92 valence electrons. The Morgan fingerprint density at radius 1 is 1.28 bits per heavy atom. The fourth-order valence-electron chi connectivity index (χ4n) is 2.35. The van der Waals surface area contributed by atoms with E-state index < -0.39 is 6.10 Å². The van der Waals surface area contributed by atoms with E-state index in [2.05, 4.69) is 6.07 Å². The summed E-state index contributed by atoms with van der Waals surface area (Å²) in [4.78, 5) is 12.3. The lowest BCUT2D eigenvalue weighted by atomic mass is 9.93. The number of hydrogen-bond acceptors (Lipinski definition) is 3. The number of furan rings is 1. The topological polar surface area (TPSA) is 39.4 Å². The first-order chi connectivity index (χ1) is 8.84. The van der Waals surface area contributed by atoms with Crippen LogP contribution in [0.2, 0.25) is 0 Å². The van der Waals surface area contributed by atoms with Gasteiger partial charge in [-0.25, -0.2) is 0 Å². The fourth-order valence-corrected chi connectivity index (χ4v) is 2.35. The first-order valence-electron chi connectivity index (χ1n) is 6.08. The third-order valence-electron chi connectivity index (χ3n) is 3.24. The molecule has 0 saturated heterocycles. The molecule has 1 atom stereocenters. The van der Waals surface area contributed by atoms with E-state index in [0.29, 0.717) is 13.0 Å². The molecule has 3 rings (SSSR count). The lowest BCUT2D eigenvalue weighted by Crippen LogP contribution is -2.24. The minimum Gasteiger partial charge on any atom is -0.472 e. The summed E-state index contributed by atoms with van der Waals surface area (Å²) in [6.45, 7) is 0.610. The molecule has 2 aromatic rings. The van der Waals surface area contributed by atoms with Crippen LogP contribution in [0, 0.1) is 0 Å². The molecule has 0 saturated carbocycles. The van der Waals surface area contributed by atoms with Gasteiger partial charge in [0, 0.05) is 6.42 Å². The van der Waals surface area contributed by atoms with Crippen molar-refractivity contribution in [2.24, 2.45) is 0 Å². The van der Waals surface area contributed by atoms with Crippen LogP contribution in [0.15, 0.2) is 47.3 Å². The second-order valence-corrected chi connectivity index (χ2v) is 4.47. The van der Waals surface area contributed by atoms with Crippen LogP contribution in [0.5, 0.6) is 0 Å². The van der Waals surface area contributed by atoms with Gasteiger partial charge in [0.1, 0.15) is 6.10 Å². The maximum atomic E-state index is 12.3. The normalized spacial score (nSPS) is 18.3. The fraction of sp³-hybridized carbons (Fsp3) is 0.267. The van der Waals surface area contributed by atoms with Crippen LogP contribution in [-0.2, 0) is 22.4 Å². The number of hydrogen-bond donors (Lipinski definition) is 0. The molecule has 0 radical (unpaired) electrons. The number of ketones is 1. The summed E-state index contributed by atoms with van der Waals surface area (Å²) in [6, 6.07) is 9.81. The van der Waals surface area contributed by atoms with Crippen LogP contribution in [-0.4, -0.2) is 12.4 Å². The lowest BCUT2D eigenvalue weighted by molar-refractivity contribution is -0.131. The van der Waals surface area contributed by atoms with E-state index in [1.165, 1.54) is 5.56 Å². The maximum Gasteiger partial charge on any atom is 0.170 e. The summed E-state index contributed by atoms with van der Waals surface area (Å²) in [5.41, 5.74) is 3.12. The molecule has 1 aromatic carbocycles. The van der Waals surface area contributed by atoms with Crippen molar-refractivity contribution in [3.8, 4) is 0 Å². The zero-order valence-electron chi connectivity index (χ0n) is 9.96. The van der Waals surface area contributed by atoms with Gasteiger partial charge >= 0.3 is 0 Å². The monoisotopic (exact) mass is 242 g/mol. The van der Waals surface area contributed by atoms with Crippen LogP contribution in [0.25, 0.3) is 0 Å². The Bertz CT molecular complexity index is 543. The Morgan fingerprint density at radius 3 is 3.00 bits per heavy atom. The first-order valence-corrected chi connectivity index (χ1v) is 6.08. The van der Waals surface area contributed by atoms with E-state index in [1.807, 2.05) is 24.3 Å². The molecular weight excluding hydrogens is 228 g/mol. The summed E-state index contributed by atoms with van der Waals surface area (Å²) in [7, 11) is 0. The van der Waals surface area contributed by atoms with E-state index >= 15 is 0 Å². The Labute approximate surface area is 105 Å². The average molecular weight is 242 g/mol. The minimum atomic E-state index is -0.426. The van der Waals surface area contributed by atoms with Crippen LogP contribution in [0.4, 0.5) is 0 Å². The van der Waals surface area contributed by atoms with Crippen LogP contribution < -0.4 is 0 Å². The third-order valence-corrected chi connectivity index (χ3v) is 3.24. The van der Waals surface area contributed by atoms with Gasteiger partial charge in [-0.1, -0.05) is 24.3 Å². The van der Waals surface area contributed by atoms with Crippen LogP contribution >= 0.6 is 0 Å². The van der Waals surface area contributed by atoms with Gasteiger partial charge in [-0.05, 0) is 29.2 Å². The molecule has 0 amide bonds. The summed E-state index contributed by atoms with van der Waals surface area (Å²) >= 11 is 0. The highest BCUT2D eigenvalue weighted by Crippen LogP contribution is 2.28. The molecule has 0 N–H and O–H groups in total. The molecule has 3 heteroatoms. The molecule has 0 bridgehead atoms. The van der Waals surface area contributed by atoms with Gasteiger partial charge in [-0.2, -0.15) is 0 Å². The molecule has 0 spiro atoms. The van der Waals surface area contributed by atoms with Crippen molar-refractivity contribution in [1.29, 1.82) is 0 Å².